The highest BCUT2D eigenvalue weighted by Crippen LogP contribution is 2.17. The van der Waals surface area contributed by atoms with Crippen molar-refractivity contribution in [2.45, 2.75) is 25.9 Å². The van der Waals surface area contributed by atoms with E-state index in [2.05, 4.69) is 24.5 Å². The minimum Gasteiger partial charge on any atom is -0.385 e. The SMILES string of the molecule is COCC(=O)Nc1cccc(NCCC(C)(C)OC)c1. The summed E-state index contributed by atoms with van der Waals surface area (Å²) in [6.07, 6.45) is 0.893. The van der Waals surface area contributed by atoms with Gasteiger partial charge in [-0.3, -0.25) is 4.79 Å². The highest BCUT2D eigenvalue weighted by Gasteiger charge is 2.15. The molecule has 0 aliphatic heterocycles. The fourth-order valence-corrected chi connectivity index (χ4v) is 1.65. The number of anilines is 2. The van der Waals surface area contributed by atoms with Crippen LogP contribution in [0.1, 0.15) is 20.3 Å². The molecule has 0 heterocycles. The molecule has 5 heteroatoms. The van der Waals surface area contributed by atoms with Gasteiger partial charge in [-0.25, -0.2) is 0 Å². The summed E-state index contributed by atoms with van der Waals surface area (Å²) in [5.74, 6) is -0.162. The van der Waals surface area contributed by atoms with E-state index in [1.807, 2.05) is 24.3 Å². The molecule has 0 bridgehead atoms. The lowest BCUT2D eigenvalue weighted by molar-refractivity contribution is -0.119. The van der Waals surface area contributed by atoms with Gasteiger partial charge in [0.05, 0.1) is 5.60 Å². The van der Waals surface area contributed by atoms with Crippen molar-refractivity contribution in [3.05, 3.63) is 24.3 Å². The molecule has 20 heavy (non-hydrogen) atoms. The first kappa shape index (κ1) is 16.5. The first-order chi connectivity index (χ1) is 9.46. The number of amides is 1. The average Bonchev–Trinajstić information content (AvgIpc) is 2.39. The van der Waals surface area contributed by atoms with Crippen LogP contribution in [-0.4, -0.2) is 38.9 Å². The Morgan fingerprint density at radius 1 is 1.25 bits per heavy atom. The maximum absolute atomic E-state index is 11.4. The zero-order valence-electron chi connectivity index (χ0n) is 12.7. The standard InChI is InChI=1S/C15H24N2O3/c1-15(2,20-4)8-9-16-12-6-5-7-13(10-12)17-14(18)11-19-3/h5-7,10,16H,8-9,11H2,1-4H3,(H,17,18). The Bertz CT molecular complexity index is 433. The van der Waals surface area contributed by atoms with Gasteiger partial charge in [-0.05, 0) is 38.5 Å². The van der Waals surface area contributed by atoms with Gasteiger partial charge in [0, 0.05) is 32.1 Å². The molecule has 0 saturated heterocycles. The molecule has 1 amide bonds. The lowest BCUT2D eigenvalue weighted by Crippen LogP contribution is -2.25. The third kappa shape index (κ3) is 6.04. The first-order valence-electron chi connectivity index (χ1n) is 6.65. The van der Waals surface area contributed by atoms with E-state index in [0.717, 1.165) is 24.3 Å². The Hall–Kier alpha value is -1.59. The molecule has 0 saturated carbocycles. The van der Waals surface area contributed by atoms with E-state index < -0.39 is 0 Å². The van der Waals surface area contributed by atoms with E-state index in [1.165, 1.54) is 7.11 Å². The molecule has 0 unspecified atom stereocenters. The van der Waals surface area contributed by atoms with Gasteiger partial charge in [-0.15, -0.1) is 0 Å². The summed E-state index contributed by atoms with van der Waals surface area (Å²) in [4.78, 5) is 11.4. The largest absolute Gasteiger partial charge is 0.385 e. The van der Waals surface area contributed by atoms with E-state index in [9.17, 15) is 4.79 Å². The van der Waals surface area contributed by atoms with Crippen molar-refractivity contribution >= 4 is 17.3 Å². The number of nitrogens with one attached hydrogen (secondary N) is 2. The highest BCUT2D eigenvalue weighted by molar-refractivity contribution is 5.92. The summed E-state index contributed by atoms with van der Waals surface area (Å²) in [5.41, 5.74) is 1.58. The second-order valence-corrected chi connectivity index (χ2v) is 5.20. The zero-order valence-corrected chi connectivity index (χ0v) is 12.7. The van der Waals surface area contributed by atoms with Crippen molar-refractivity contribution in [1.29, 1.82) is 0 Å². The van der Waals surface area contributed by atoms with E-state index in [1.54, 1.807) is 7.11 Å². The number of carbonyl (C=O) groups is 1. The van der Waals surface area contributed by atoms with Crippen LogP contribution in [-0.2, 0) is 14.3 Å². The summed E-state index contributed by atoms with van der Waals surface area (Å²) >= 11 is 0. The average molecular weight is 280 g/mol. The smallest absolute Gasteiger partial charge is 0.250 e. The fourth-order valence-electron chi connectivity index (χ4n) is 1.65. The fraction of sp³-hybridized carbons (Fsp3) is 0.533. The van der Waals surface area contributed by atoms with Crippen molar-refractivity contribution in [2.24, 2.45) is 0 Å². The lowest BCUT2D eigenvalue weighted by Gasteiger charge is -2.23. The number of hydrogen-bond acceptors (Lipinski definition) is 4. The Balaban J connectivity index is 2.49. The normalized spacial score (nSPS) is 11.2. The predicted octanol–water partition coefficient (Wildman–Crippen LogP) is 2.50. The Morgan fingerprint density at radius 2 is 1.95 bits per heavy atom. The monoisotopic (exact) mass is 280 g/mol. The molecule has 2 N–H and O–H groups in total. The van der Waals surface area contributed by atoms with Crippen LogP contribution in [0.5, 0.6) is 0 Å². The van der Waals surface area contributed by atoms with Gasteiger partial charge >= 0.3 is 0 Å². The number of ether oxygens (including phenoxy) is 2. The summed E-state index contributed by atoms with van der Waals surface area (Å²) in [6, 6.07) is 7.60. The summed E-state index contributed by atoms with van der Waals surface area (Å²) in [6.45, 7) is 4.96. The number of carbonyl (C=O) groups excluding carboxylic acids is 1. The number of hydrogen-bond donors (Lipinski definition) is 2. The predicted molar refractivity (Wildman–Crippen MR) is 81.1 cm³/mol. The van der Waals surface area contributed by atoms with Crippen LogP contribution in [0.25, 0.3) is 0 Å². The minimum absolute atomic E-state index is 0.0552. The van der Waals surface area contributed by atoms with Crippen molar-refractivity contribution in [1.82, 2.24) is 0 Å². The molecule has 1 aromatic rings. The Labute approximate surface area is 120 Å². The van der Waals surface area contributed by atoms with Crippen molar-refractivity contribution in [2.75, 3.05) is 38.0 Å². The van der Waals surface area contributed by atoms with Crippen LogP contribution in [0.3, 0.4) is 0 Å². The van der Waals surface area contributed by atoms with Gasteiger partial charge in [0.1, 0.15) is 6.61 Å². The molecule has 5 nitrogen and oxygen atoms in total. The first-order valence-corrected chi connectivity index (χ1v) is 6.65. The van der Waals surface area contributed by atoms with E-state index >= 15 is 0 Å². The van der Waals surface area contributed by atoms with Gasteiger partial charge in [-0.1, -0.05) is 6.07 Å². The van der Waals surface area contributed by atoms with Crippen LogP contribution in [0.2, 0.25) is 0 Å². The van der Waals surface area contributed by atoms with E-state index in [4.69, 9.17) is 9.47 Å². The second-order valence-electron chi connectivity index (χ2n) is 5.20. The van der Waals surface area contributed by atoms with Crippen molar-refractivity contribution in [3.8, 4) is 0 Å². The van der Waals surface area contributed by atoms with Crippen LogP contribution in [0.4, 0.5) is 11.4 Å². The zero-order chi connectivity index (χ0) is 15.0. The topological polar surface area (TPSA) is 59.6 Å². The van der Waals surface area contributed by atoms with E-state index in [-0.39, 0.29) is 18.1 Å². The molecular formula is C15H24N2O3. The molecule has 0 aliphatic carbocycles. The van der Waals surface area contributed by atoms with Gasteiger partial charge in [0.25, 0.3) is 0 Å². The van der Waals surface area contributed by atoms with Crippen LogP contribution >= 0.6 is 0 Å². The van der Waals surface area contributed by atoms with Crippen LogP contribution < -0.4 is 10.6 Å². The van der Waals surface area contributed by atoms with Crippen LogP contribution in [0.15, 0.2) is 24.3 Å². The number of methoxy groups -OCH3 is 2. The molecule has 1 aromatic carbocycles. The summed E-state index contributed by atoms with van der Waals surface area (Å²) in [7, 11) is 3.21. The third-order valence-electron chi connectivity index (χ3n) is 3.03. The molecule has 0 aliphatic rings. The molecule has 0 aromatic heterocycles. The van der Waals surface area contributed by atoms with Gasteiger partial charge < -0.3 is 20.1 Å². The van der Waals surface area contributed by atoms with Crippen molar-refractivity contribution in [3.63, 3.8) is 0 Å². The van der Waals surface area contributed by atoms with Crippen molar-refractivity contribution < 1.29 is 14.3 Å². The third-order valence-corrected chi connectivity index (χ3v) is 3.03. The summed E-state index contributed by atoms with van der Waals surface area (Å²) in [5, 5.41) is 6.09. The second kappa shape index (κ2) is 7.87. The Morgan fingerprint density at radius 3 is 2.60 bits per heavy atom. The number of benzene rings is 1. The Kier molecular flexibility index (Phi) is 6.48. The maximum Gasteiger partial charge on any atom is 0.250 e. The van der Waals surface area contributed by atoms with Gasteiger partial charge in [0.15, 0.2) is 0 Å². The van der Waals surface area contributed by atoms with E-state index in [0.29, 0.717) is 0 Å². The molecule has 0 radical (unpaired) electrons. The number of rotatable bonds is 8. The maximum atomic E-state index is 11.4. The van der Waals surface area contributed by atoms with Gasteiger partial charge in [-0.2, -0.15) is 0 Å². The quantitative estimate of drug-likeness (QED) is 0.768. The van der Waals surface area contributed by atoms with Gasteiger partial charge in [0.2, 0.25) is 5.91 Å². The minimum atomic E-state index is -0.162. The molecule has 1 rings (SSSR count). The molecule has 0 spiro atoms. The van der Waals surface area contributed by atoms with Crippen LogP contribution in [0, 0.1) is 0 Å². The summed E-state index contributed by atoms with van der Waals surface area (Å²) < 4.78 is 10.1. The highest BCUT2D eigenvalue weighted by atomic mass is 16.5. The molecule has 0 atom stereocenters. The molecule has 0 fully saturated rings. The lowest BCUT2D eigenvalue weighted by atomic mass is 10.1. The molecule has 112 valence electrons. The molecular weight excluding hydrogens is 256 g/mol.